The van der Waals surface area contributed by atoms with Crippen LogP contribution in [0.4, 0.5) is 0 Å². The smallest absolute Gasteiger partial charge is 0.0920 e. The number of hydrogen-bond acceptors (Lipinski definition) is 2. The predicted molar refractivity (Wildman–Crippen MR) is 93.7 cm³/mol. The Labute approximate surface area is 142 Å². The minimum absolute atomic E-state index is 0.659. The maximum atomic E-state index is 11.0. The highest BCUT2D eigenvalue weighted by Crippen LogP contribution is 2.46. The van der Waals surface area contributed by atoms with Crippen LogP contribution in [0.15, 0.2) is 54.6 Å². The van der Waals surface area contributed by atoms with Gasteiger partial charge in [-0.1, -0.05) is 54.1 Å². The summed E-state index contributed by atoms with van der Waals surface area (Å²) in [6.45, 7) is 1.93. The molecule has 0 amide bonds. The number of aliphatic hydroxyl groups is 1. The van der Waals surface area contributed by atoms with E-state index in [-0.39, 0.29) is 0 Å². The van der Waals surface area contributed by atoms with Crippen LogP contribution in [0.5, 0.6) is 0 Å². The van der Waals surface area contributed by atoms with Gasteiger partial charge >= 0.3 is 0 Å². The van der Waals surface area contributed by atoms with Crippen LogP contribution in [0.1, 0.15) is 36.3 Å². The van der Waals surface area contributed by atoms with Gasteiger partial charge < -0.3 is 5.11 Å². The molecule has 0 bridgehead atoms. The first kappa shape index (κ1) is 15.2. The minimum Gasteiger partial charge on any atom is -0.385 e. The molecular weight excluding hydrogens is 306 g/mol. The van der Waals surface area contributed by atoms with Crippen molar-refractivity contribution in [2.24, 2.45) is 0 Å². The molecule has 1 heterocycles. The van der Waals surface area contributed by atoms with Gasteiger partial charge in [-0.25, -0.2) is 0 Å². The molecule has 2 aromatic rings. The van der Waals surface area contributed by atoms with Gasteiger partial charge in [0.05, 0.1) is 5.60 Å². The Morgan fingerprint density at radius 1 is 0.957 bits per heavy atom. The fraction of sp³-hybridized carbons (Fsp3) is 0.400. The first-order valence-corrected chi connectivity index (χ1v) is 8.81. The topological polar surface area (TPSA) is 23.5 Å². The molecule has 1 aliphatic carbocycles. The molecule has 2 unspecified atom stereocenters. The van der Waals surface area contributed by atoms with Crippen molar-refractivity contribution in [1.82, 2.24) is 4.90 Å². The van der Waals surface area contributed by atoms with Gasteiger partial charge in [0, 0.05) is 30.1 Å². The zero-order valence-corrected chi connectivity index (χ0v) is 13.9. The van der Waals surface area contributed by atoms with Crippen LogP contribution in [0.2, 0.25) is 5.02 Å². The summed E-state index contributed by atoms with van der Waals surface area (Å²) in [6.07, 6.45) is 2.85. The lowest BCUT2D eigenvalue weighted by Crippen LogP contribution is -2.43. The molecule has 120 valence electrons. The second-order valence-electron chi connectivity index (χ2n) is 6.89. The summed E-state index contributed by atoms with van der Waals surface area (Å²) in [4.78, 5) is 2.56. The van der Waals surface area contributed by atoms with E-state index >= 15 is 0 Å². The normalized spacial score (nSPS) is 26.9. The molecule has 0 aromatic heterocycles. The third-order valence-corrected chi connectivity index (χ3v) is 5.71. The second-order valence-corrected chi connectivity index (χ2v) is 7.33. The lowest BCUT2D eigenvalue weighted by molar-refractivity contribution is -0.0281. The van der Waals surface area contributed by atoms with Crippen LogP contribution in [-0.4, -0.2) is 29.1 Å². The van der Waals surface area contributed by atoms with E-state index in [4.69, 9.17) is 11.6 Å². The van der Waals surface area contributed by atoms with Crippen molar-refractivity contribution in [1.29, 1.82) is 0 Å². The van der Waals surface area contributed by atoms with Gasteiger partial charge in [0.15, 0.2) is 0 Å². The summed E-state index contributed by atoms with van der Waals surface area (Å²) in [5.74, 6) is 0.679. The Hall–Kier alpha value is -1.35. The lowest BCUT2D eigenvalue weighted by atomic mass is 9.84. The Morgan fingerprint density at radius 3 is 2.26 bits per heavy atom. The molecule has 4 rings (SSSR count). The van der Waals surface area contributed by atoms with Crippen LogP contribution < -0.4 is 0 Å². The Morgan fingerprint density at radius 2 is 1.61 bits per heavy atom. The average Bonchev–Trinajstić information content (AvgIpc) is 3.37. The van der Waals surface area contributed by atoms with Gasteiger partial charge in [-0.15, -0.1) is 0 Å². The van der Waals surface area contributed by atoms with E-state index in [1.807, 2.05) is 24.3 Å². The molecule has 1 saturated heterocycles. The molecule has 1 aliphatic heterocycles. The molecule has 23 heavy (non-hydrogen) atoms. The quantitative estimate of drug-likeness (QED) is 0.914. The van der Waals surface area contributed by atoms with Gasteiger partial charge in [-0.05, 0) is 42.5 Å². The summed E-state index contributed by atoms with van der Waals surface area (Å²) in [5.41, 5.74) is 1.76. The summed E-state index contributed by atoms with van der Waals surface area (Å²) in [7, 11) is 0. The van der Waals surface area contributed by atoms with Crippen LogP contribution >= 0.6 is 11.6 Å². The monoisotopic (exact) mass is 327 g/mol. The number of piperidine rings is 1. The van der Waals surface area contributed by atoms with Crippen molar-refractivity contribution in [2.45, 2.75) is 36.8 Å². The Bertz CT molecular complexity index is 662. The first-order valence-electron chi connectivity index (χ1n) is 8.43. The van der Waals surface area contributed by atoms with Crippen LogP contribution in [0, 0.1) is 0 Å². The number of likely N-dealkylation sites (tertiary alicyclic amines) is 1. The summed E-state index contributed by atoms with van der Waals surface area (Å²) in [5, 5.41) is 11.7. The van der Waals surface area contributed by atoms with Gasteiger partial charge in [-0.2, -0.15) is 0 Å². The molecule has 2 aromatic carbocycles. The maximum absolute atomic E-state index is 11.0. The molecule has 2 nitrogen and oxygen atoms in total. The summed E-state index contributed by atoms with van der Waals surface area (Å²) in [6, 6.07) is 19.1. The highest BCUT2D eigenvalue weighted by molar-refractivity contribution is 6.30. The standard InChI is InChI=1S/C20H22ClNO/c21-17-8-6-16(7-9-17)20(23)10-12-22(13-11-20)19-14-18(19)15-4-2-1-3-5-15/h1-9,18-19,23H,10-14H2. The minimum atomic E-state index is -0.696. The third kappa shape index (κ3) is 3.03. The van der Waals surface area contributed by atoms with Crippen molar-refractivity contribution in [3.63, 3.8) is 0 Å². The van der Waals surface area contributed by atoms with Gasteiger partial charge in [0.25, 0.3) is 0 Å². The Kier molecular flexibility index (Phi) is 3.92. The van der Waals surface area contributed by atoms with Gasteiger partial charge in [-0.3, -0.25) is 4.90 Å². The van der Waals surface area contributed by atoms with Crippen molar-refractivity contribution in [2.75, 3.05) is 13.1 Å². The fourth-order valence-electron chi connectivity index (χ4n) is 3.92. The molecule has 1 saturated carbocycles. The molecule has 2 atom stereocenters. The lowest BCUT2D eigenvalue weighted by Gasteiger charge is -2.39. The highest BCUT2D eigenvalue weighted by atomic mass is 35.5. The first-order chi connectivity index (χ1) is 11.2. The zero-order chi connectivity index (χ0) is 15.9. The van der Waals surface area contributed by atoms with Gasteiger partial charge in [0.2, 0.25) is 0 Å². The summed E-state index contributed by atoms with van der Waals surface area (Å²) >= 11 is 5.95. The van der Waals surface area contributed by atoms with E-state index < -0.39 is 5.60 Å². The molecule has 0 spiro atoms. The Balaban J connectivity index is 1.39. The molecular formula is C20H22ClNO. The van der Waals surface area contributed by atoms with Crippen LogP contribution in [0.3, 0.4) is 0 Å². The van der Waals surface area contributed by atoms with Crippen molar-refractivity contribution in [3.8, 4) is 0 Å². The number of rotatable bonds is 3. The molecule has 2 fully saturated rings. The van der Waals surface area contributed by atoms with E-state index in [0.29, 0.717) is 12.0 Å². The number of hydrogen-bond donors (Lipinski definition) is 1. The summed E-state index contributed by atoms with van der Waals surface area (Å²) < 4.78 is 0. The van der Waals surface area contributed by atoms with E-state index in [9.17, 15) is 5.11 Å². The van der Waals surface area contributed by atoms with Crippen molar-refractivity contribution in [3.05, 3.63) is 70.7 Å². The number of nitrogens with zero attached hydrogens (tertiary/aromatic N) is 1. The van der Waals surface area contributed by atoms with E-state index in [1.54, 1.807) is 0 Å². The molecule has 0 radical (unpaired) electrons. The van der Waals surface area contributed by atoms with E-state index in [1.165, 1.54) is 12.0 Å². The fourth-order valence-corrected chi connectivity index (χ4v) is 4.04. The highest BCUT2D eigenvalue weighted by Gasteiger charge is 2.45. The van der Waals surface area contributed by atoms with Gasteiger partial charge in [0.1, 0.15) is 0 Å². The number of benzene rings is 2. The largest absolute Gasteiger partial charge is 0.385 e. The third-order valence-electron chi connectivity index (χ3n) is 5.46. The zero-order valence-electron chi connectivity index (χ0n) is 13.2. The molecule has 2 aliphatic rings. The van der Waals surface area contributed by atoms with Crippen LogP contribution in [0.25, 0.3) is 0 Å². The second kappa shape index (κ2) is 5.94. The number of halogens is 1. The van der Waals surface area contributed by atoms with Crippen molar-refractivity contribution < 1.29 is 5.11 Å². The molecule has 3 heteroatoms. The van der Waals surface area contributed by atoms with Crippen molar-refractivity contribution >= 4 is 11.6 Å². The maximum Gasteiger partial charge on any atom is 0.0920 e. The van der Waals surface area contributed by atoms with E-state index in [2.05, 4.69) is 35.2 Å². The SMILES string of the molecule is OC1(c2ccc(Cl)cc2)CCN(C2CC2c2ccccc2)CC1. The van der Waals surface area contributed by atoms with E-state index in [0.717, 1.165) is 36.5 Å². The average molecular weight is 328 g/mol. The molecule has 1 N–H and O–H groups in total. The van der Waals surface area contributed by atoms with Crippen LogP contribution in [-0.2, 0) is 5.60 Å². The predicted octanol–water partition coefficient (Wildman–Crippen LogP) is 4.18.